The van der Waals surface area contributed by atoms with Crippen LogP contribution in [0.25, 0.3) is 6.08 Å². The zero-order chi connectivity index (χ0) is 21.5. The lowest BCUT2D eigenvalue weighted by atomic mass is 10.00. The molecule has 31 heavy (non-hydrogen) atoms. The van der Waals surface area contributed by atoms with Gasteiger partial charge in [-0.15, -0.1) is 0 Å². The number of carbonyl (C=O) groups excluding carboxylic acids is 1. The summed E-state index contributed by atoms with van der Waals surface area (Å²) >= 11 is 5.97. The molecule has 0 aliphatic carbocycles. The van der Waals surface area contributed by atoms with Gasteiger partial charge in [-0.2, -0.15) is 0 Å². The molecule has 0 saturated heterocycles. The number of aryl methyl sites for hydroxylation is 1. The van der Waals surface area contributed by atoms with Gasteiger partial charge in [0.1, 0.15) is 29.8 Å². The summed E-state index contributed by atoms with van der Waals surface area (Å²) in [4.78, 5) is 15.2. The number of ketones is 1. The van der Waals surface area contributed by atoms with Crippen LogP contribution < -0.4 is 9.47 Å². The van der Waals surface area contributed by atoms with Crippen molar-refractivity contribution in [2.75, 3.05) is 13.3 Å². The number of rotatable bonds is 4. The van der Waals surface area contributed by atoms with E-state index in [0.717, 1.165) is 47.2 Å². The van der Waals surface area contributed by atoms with Crippen LogP contribution in [-0.4, -0.2) is 24.0 Å². The highest BCUT2D eigenvalue weighted by molar-refractivity contribution is 6.30. The second-order valence-electron chi connectivity index (χ2n) is 7.96. The minimum Gasteiger partial charge on any atom is -0.477 e. The van der Waals surface area contributed by atoms with Crippen LogP contribution in [0.15, 0.2) is 52.6 Å². The molecule has 0 amide bonds. The van der Waals surface area contributed by atoms with Crippen molar-refractivity contribution in [2.24, 2.45) is 0 Å². The van der Waals surface area contributed by atoms with E-state index in [0.29, 0.717) is 23.8 Å². The van der Waals surface area contributed by atoms with Crippen LogP contribution in [0.3, 0.4) is 0 Å². The topological polar surface area (TPSA) is 51.9 Å². The van der Waals surface area contributed by atoms with Gasteiger partial charge in [0.05, 0.1) is 5.56 Å². The van der Waals surface area contributed by atoms with Crippen molar-refractivity contribution < 1.29 is 18.7 Å². The van der Waals surface area contributed by atoms with Gasteiger partial charge in [-0.05, 0) is 56.2 Å². The van der Waals surface area contributed by atoms with Crippen molar-refractivity contribution in [3.05, 3.63) is 87.0 Å². The predicted molar refractivity (Wildman–Crippen MR) is 119 cm³/mol. The third kappa shape index (κ3) is 3.87. The van der Waals surface area contributed by atoms with Crippen LogP contribution in [0, 0.1) is 13.8 Å². The number of halogens is 1. The summed E-state index contributed by atoms with van der Waals surface area (Å²) < 4.78 is 17.5. The molecule has 0 atom stereocenters. The second-order valence-corrected chi connectivity index (χ2v) is 8.39. The fourth-order valence-electron chi connectivity index (χ4n) is 4.04. The Morgan fingerprint density at radius 1 is 1.10 bits per heavy atom. The van der Waals surface area contributed by atoms with E-state index in [1.807, 2.05) is 56.3 Å². The maximum atomic E-state index is 13.0. The van der Waals surface area contributed by atoms with E-state index in [2.05, 4.69) is 4.90 Å². The minimum absolute atomic E-state index is 0.131. The van der Waals surface area contributed by atoms with Gasteiger partial charge in [0, 0.05) is 35.3 Å². The number of hydrogen-bond acceptors (Lipinski definition) is 5. The summed E-state index contributed by atoms with van der Waals surface area (Å²) in [6.45, 7) is 5.88. The Balaban J connectivity index is 1.35. The summed E-state index contributed by atoms with van der Waals surface area (Å²) in [5.41, 5.74) is 3.67. The Labute approximate surface area is 185 Å². The number of allylic oxidation sites excluding steroid dienone is 1. The van der Waals surface area contributed by atoms with Crippen LogP contribution in [0.1, 0.15) is 38.6 Å². The minimum atomic E-state index is -0.131. The highest BCUT2D eigenvalue weighted by Gasteiger charge is 2.33. The largest absolute Gasteiger partial charge is 0.477 e. The maximum absolute atomic E-state index is 13.0. The molecule has 0 radical (unpaired) electrons. The van der Waals surface area contributed by atoms with E-state index in [4.69, 9.17) is 25.5 Å². The van der Waals surface area contributed by atoms with Crippen LogP contribution in [0.4, 0.5) is 0 Å². The number of hydrogen-bond donors (Lipinski definition) is 0. The van der Waals surface area contributed by atoms with Crippen molar-refractivity contribution in [3.63, 3.8) is 0 Å². The lowest BCUT2D eigenvalue weighted by Gasteiger charge is -2.30. The molecular weight excluding hydrogens is 414 g/mol. The molecule has 0 bridgehead atoms. The van der Waals surface area contributed by atoms with Crippen LogP contribution >= 0.6 is 11.6 Å². The third-order valence-electron chi connectivity index (χ3n) is 5.67. The first-order valence-corrected chi connectivity index (χ1v) is 10.6. The molecule has 2 aromatic carbocycles. The smallest absolute Gasteiger partial charge is 0.232 e. The Kier molecular flexibility index (Phi) is 5.08. The first-order valence-electron chi connectivity index (χ1n) is 10.2. The van der Waals surface area contributed by atoms with Gasteiger partial charge in [-0.3, -0.25) is 9.69 Å². The summed E-state index contributed by atoms with van der Waals surface area (Å²) in [6.07, 6.45) is 2.55. The van der Waals surface area contributed by atoms with Crippen molar-refractivity contribution in [1.82, 2.24) is 4.90 Å². The van der Waals surface area contributed by atoms with Gasteiger partial charge >= 0.3 is 0 Å². The van der Waals surface area contributed by atoms with Crippen LogP contribution in [0.2, 0.25) is 5.02 Å². The molecule has 158 valence electrons. The van der Waals surface area contributed by atoms with Crippen molar-refractivity contribution >= 4 is 23.5 Å². The number of furan rings is 1. The van der Waals surface area contributed by atoms with Gasteiger partial charge < -0.3 is 13.9 Å². The van der Waals surface area contributed by atoms with Gasteiger partial charge in [0.25, 0.3) is 0 Å². The van der Waals surface area contributed by atoms with Gasteiger partial charge in [-0.25, -0.2) is 0 Å². The van der Waals surface area contributed by atoms with Crippen LogP contribution in [0.5, 0.6) is 11.5 Å². The van der Waals surface area contributed by atoms with Gasteiger partial charge in [-0.1, -0.05) is 23.7 Å². The molecule has 1 aromatic heterocycles. The zero-order valence-corrected chi connectivity index (χ0v) is 18.2. The Hall–Kier alpha value is -3.02. The highest BCUT2D eigenvalue weighted by Crippen LogP contribution is 2.43. The standard InChI is InChI=1S/C25H22ClNO4/c1-15-3-8-20(30-15)12-22-23(28)21-11-18-13-27(10-9-17-4-6-19(26)7-5-17)14-29-24(18)16(2)25(21)31-22/h3-8,11-12H,9-10,13-14H2,1-2H3/b22-12-. The monoisotopic (exact) mass is 435 g/mol. The molecule has 5 rings (SSSR count). The molecule has 5 nitrogen and oxygen atoms in total. The van der Waals surface area contributed by atoms with Crippen LogP contribution in [-0.2, 0) is 13.0 Å². The average molecular weight is 436 g/mol. The molecule has 2 aliphatic rings. The third-order valence-corrected chi connectivity index (χ3v) is 5.92. The van der Waals surface area contributed by atoms with Gasteiger partial charge in [0.2, 0.25) is 5.78 Å². The lowest BCUT2D eigenvalue weighted by molar-refractivity contribution is 0.0954. The SMILES string of the molecule is Cc1ccc(/C=C2\Oc3c(cc4c(c3C)OCN(CCc3ccc(Cl)cc3)C4)C2=O)o1. The number of nitrogens with zero attached hydrogens (tertiary/aromatic N) is 1. The summed E-state index contributed by atoms with van der Waals surface area (Å²) in [5.74, 6) is 2.91. The number of Topliss-reactive ketones (excluding diaryl/α,β-unsaturated/α-hetero) is 1. The lowest BCUT2D eigenvalue weighted by Crippen LogP contribution is -2.34. The van der Waals surface area contributed by atoms with E-state index in [-0.39, 0.29) is 11.5 Å². The average Bonchev–Trinajstić information content (AvgIpc) is 3.31. The number of carbonyl (C=O) groups is 1. The van der Waals surface area contributed by atoms with Crippen molar-refractivity contribution in [1.29, 1.82) is 0 Å². The van der Waals surface area contributed by atoms with E-state index < -0.39 is 0 Å². The Morgan fingerprint density at radius 3 is 2.65 bits per heavy atom. The molecule has 2 aliphatic heterocycles. The van der Waals surface area contributed by atoms with E-state index in [1.165, 1.54) is 5.56 Å². The van der Waals surface area contributed by atoms with Crippen molar-refractivity contribution in [3.8, 4) is 11.5 Å². The summed E-state index contributed by atoms with van der Waals surface area (Å²) in [7, 11) is 0. The number of benzene rings is 2. The molecule has 6 heteroatoms. The quantitative estimate of drug-likeness (QED) is 0.502. The Morgan fingerprint density at radius 2 is 1.90 bits per heavy atom. The first kappa shape index (κ1) is 19.9. The summed E-state index contributed by atoms with van der Waals surface area (Å²) in [6, 6.07) is 13.5. The molecule has 3 aromatic rings. The molecule has 0 saturated carbocycles. The molecule has 3 heterocycles. The fourth-order valence-corrected chi connectivity index (χ4v) is 4.16. The number of ether oxygens (including phenoxy) is 2. The van der Waals surface area contributed by atoms with Crippen molar-refractivity contribution in [2.45, 2.75) is 26.8 Å². The van der Waals surface area contributed by atoms with Gasteiger partial charge in [0.15, 0.2) is 5.76 Å². The summed E-state index contributed by atoms with van der Waals surface area (Å²) in [5, 5.41) is 0.741. The van der Waals surface area contributed by atoms with E-state index >= 15 is 0 Å². The normalized spacial score (nSPS) is 16.7. The maximum Gasteiger partial charge on any atom is 0.232 e. The molecule has 0 spiro atoms. The predicted octanol–water partition coefficient (Wildman–Crippen LogP) is 5.56. The first-order chi connectivity index (χ1) is 15.0. The Bertz CT molecular complexity index is 1190. The second kappa shape index (κ2) is 7.91. The molecule has 0 N–H and O–H groups in total. The fraction of sp³-hybridized carbons (Fsp3) is 0.240. The molecule has 0 unspecified atom stereocenters. The highest BCUT2D eigenvalue weighted by atomic mass is 35.5. The molecular formula is C25H22ClNO4. The van der Waals surface area contributed by atoms with E-state index in [9.17, 15) is 4.79 Å². The molecule has 0 fully saturated rings. The zero-order valence-electron chi connectivity index (χ0n) is 17.4. The van der Waals surface area contributed by atoms with E-state index in [1.54, 1.807) is 6.08 Å². The number of fused-ring (bicyclic) bond motifs is 2.